The molecule has 0 unspecified atom stereocenters. The van der Waals surface area contributed by atoms with E-state index in [0.29, 0.717) is 0 Å². The van der Waals surface area contributed by atoms with Crippen molar-refractivity contribution < 1.29 is 0 Å². The van der Waals surface area contributed by atoms with E-state index < -0.39 is 0 Å². The molecule has 0 aliphatic carbocycles. The maximum Gasteiger partial charge on any atom is 0.125 e. The third kappa shape index (κ3) is 97.1. The summed E-state index contributed by atoms with van der Waals surface area (Å²) in [4.78, 5) is 48.5. The summed E-state index contributed by atoms with van der Waals surface area (Å²) in [6, 6.07) is 18.3. The lowest BCUT2D eigenvalue weighted by Gasteiger charge is -2.03. The first-order valence-corrected chi connectivity index (χ1v) is 36.9. The quantitative estimate of drug-likeness (QED) is 0.142. The SMILES string of the molecule is CC(C)C.CC(C)C.CC(C)C.CC(C)C.CC(C)C.CC(C)C.CC(C)C.CC(C)C.Cc1cc(C)c(C)c(C)n1.Cc1cc(C)c(C)nc1C.Cc1cc(C)nc(C)c1.Cc1cc(C)ncn1.Cc1ccc(C)c(C)n1.Cc1ccnc(C)n1.Cc1ccncn1.Cc1cncnc1C. The molecule has 8 rings (SSSR count). The molecule has 0 fully saturated rings. The summed E-state index contributed by atoms with van der Waals surface area (Å²) in [5.74, 6) is 7.50. The number of aryl methyl sites for hydroxylation is 20. The predicted molar refractivity (Wildman–Crippen MR) is 449 cm³/mol. The molecule has 0 spiro atoms. The van der Waals surface area contributed by atoms with E-state index in [0.717, 1.165) is 133 Å². The molecule has 0 saturated carbocycles. The first-order valence-electron chi connectivity index (χ1n) is 36.9. The fourth-order valence-corrected chi connectivity index (χ4v) is 5.83. The van der Waals surface area contributed by atoms with E-state index in [-0.39, 0.29) is 0 Å². The Labute approximate surface area is 626 Å². The Bertz CT molecular complexity index is 2860. The van der Waals surface area contributed by atoms with Crippen LogP contribution in [0.3, 0.4) is 0 Å². The summed E-state index contributed by atoms with van der Waals surface area (Å²) < 4.78 is 0. The van der Waals surface area contributed by atoms with Gasteiger partial charge < -0.3 is 0 Å². The van der Waals surface area contributed by atoms with E-state index in [1.165, 1.54) is 39.7 Å². The summed E-state index contributed by atoms with van der Waals surface area (Å²) >= 11 is 0. The predicted octanol–water partition coefficient (Wildman–Crippen LogP) is 26.0. The molecule has 8 aromatic heterocycles. The Morgan fingerprint density at radius 3 is 0.812 bits per heavy atom. The summed E-state index contributed by atoms with van der Waals surface area (Å²) in [7, 11) is 0. The molecule has 101 heavy (non-hydrogen) atoms. The van der Waals surface area contributed by atoms with Crippen LogP contribution in [0, 0.1) is 193 Å². The smallest absolute Gasteiger partial charge is 0.125 e. The van der Waals surface area contributed by atoms with Crippen LogP contribution >= 0.6 is 0 Å². The molecule has 12 heteroatoms. The highest BCUT2D eigenvalue weighted by atomic mass is 14.9. The molecule has 0 atom stereocenters. The van der Waals surface area contributed by atoms with Gasteiger partial charge in [-0.3, -0.25) is 19.9 Å². The molecule has 574 valence electrons. The molecule has 8 aromatic rings. The van der Waals surface area contributed by atoms with E-state index in [1.807, 2.05) is 127 Å². The van der Waals surface area contributed by atoms with Gasteiger partial charge in [0.15, 0.2) is 0 Å². The van der Waals surface area contributed by atoms with Crippen molar-refractivity contribution in [3.05, 3.63) is 211 Å². The zero-order valence-electron chi connectivity index (χ0n) is 74.1. The number of aromatic nitrogens is 12. The number of rotatable bonds is 0. The van der Waals surface area contributed by atoms with Gasteiger partial charge in [-0.1, -0.05) is 178 Å². The Hall–Kier alpha value is -7.08. The van der Waals surface area contributed by atoms with Gasteiger partial charge in [-0.2, -0.15) is 0 Å². The third-order valence-electron chi connectivity index (χ3n) is 10.3. The molecule has 0 amide bonds. The van der Waals surface area contributed by atoms with Crippen LogP contribution in [0.2, 0.25) is 0 Å². The van der Waals surface area contributed by atoms with E-state index in [2.05, 4.69) is 305 Å². The zero-order chi connectivity index (χ0) is 80.8. The lowest BCUT2D eigenvalue weighted by molar-refractivity contribution is 0.736. The minimum Gasteiger partial charge on any atom is -0.258 e. The van der Waals surface area contributed by atoms with Gasteiger partial charge in [-0.05, 0) is 274 Å². The monoisotopic (exact) mass is 1400 g/mol. The molecule has 0 aliphatic heterocycles. The van der Waals surface area contributed by atoms with Crippen molar-refractivity contribution in [3.8, 4) is 0 Å². The fourth-order valence-electron chi connectivity index (χ4n) is 5.83. The Morgan fingerprint density at radius 1 is 0.218 bits per heavy atom. The van der Waals surface area contributed by atoms with Gasteiger partial charge in [-0.25, -0.2) is 39.9 Å². The van der Waals surface area contributed by atoms with Crippen molar-refractivity contribution in [2.45, 2.75) is 312 Å². The maximum atomic E-state index is 4.37. The lowest BCUT2D eigenvalue weighted by atomic mass is 10.1. The molecule has 0 bridgehead atoms. The minimum atomic E-state index is 0.833. The molecule has 0 N–H and O–H groups in total. The van der Waals surface area contributed by atoms with Crippen LogP contribution in [0.25, 0.3) is 0 Å². The van der Waals surface area contributed by atoms with E-state index in [4.69, 9.17) is 0 Å². The molecule has 12 nitrogen and oxygen atoms in total. The van der Waals surface area contributed by atoms with Gasteiger partial charge in [0.25, 0.3) is 0 Å². The largest absolute Gasteiger partial charge is 0.258 e. The van der Waals surface area contributed by atoms with Crippen molar-refractivity contribution in [2.24, 2.45) is 47.3 Å². The summed E-state index contributed by atoms with van der Waals surface area (Å²) in [6.45, 7) is 94.4. The summed E-state index contributed by atoms with van der Waals surface area (Å²) in [6.07, 6.45) is 9.96. The average molecular weight is 1400 g/mol. The minimum absolute atomic E-state index is 0.833. The Morgan fingerprint density at radius 2 is 0.564 bits per heavy atom. The second kappa shape index (κ2) is 68.7. The first kappa shape index (κ1) is 110. The van der Waals surface area contributed by atoms with Crippen LogP contribution in [0.1, 0.15) is 285 Å². The molecule has 8 heterocycles. The van der Waals surface area contributed by atoms with E-state index in [1.54, 1.807) is 25.0 Å². The molecular formula is C89H158N12. The van der Waals surface area contributed by atoms with Crippen molar-refractivity contribution >= 4 is 0 Å². The van der Waals surface area contributed by atoms with Gasteiger partial charge in [0.2, 0.25) is 0 Å². The summed E-state index contributed by atoms with van der Waals surface area (Å²) in [5.41, 5.74) is 23.0. The summed E-state index contributed by atoms with van der Waals surface area (Å²) in [5, 5.41) is 0. The topological polar surface area (TPSA) is 155 Å². The van der Waals surface area contributed by atoms with Gasteiger partial charge in [0, 0.05) is 92.6 Å². The van der Waals surface area contributed by atoms with Crippen LogP contribution in [0.15, 0.2) is 92.2 Å². The van der Waals surface area contributed by atoms with Gasteiger partial charge in [0.1, 0.15) is 24.8 Å². The second-order valence-corrected chi connectivity index (χ2v) is 30.9. The first-order chi connectivity index (χ1) is 46.2. The Balaban J connectivity index is -0.000000154. The second-order valence-electron chi connectivity index (χ2n) is 30.9. The van der Waals surface area contributed by atoms with Crippen molar-refractivity contribution in [1.82, 2.24) is 59.8 Å². The third-order valence-corrected chi connectivity index (χ3v) is 10.3. The Kier molecular flexibility index (Phi) is 74.7. The highest BCUT2D eigenvalue weighted by molar-refractivity contribution is 5.29. The number of hydrogen-bond acceptors (Lipinski definition) is 12. The highest BCUT2D eigenvalue weighted by Gasteiger charge is 1.99. The van der Waals surface area contributed by atoms with Crippen LogP contribution in [0.4, 0.5) is 0 Å². The van der Waals surface area contributed by atoms with Crippen molar-refractivity contribution in [1.29, 1.82) is 0 Å². The molecular weight excluding hydrogens is 1240 g/mol. The van der Waals surface area contributed by atoms with E-state index in [9.17, 15) is 0 Å². The fraction of sp³-hybridized carbons (Fsp3) is 0.596. The van der Waals surface area contributed by atoms with Crippen LogP contribution < -0.4 is 0 Å². The molecule has 0 saturated heterocycles. The lowest BCUT2D eigenvalue weighted by Crippen LogP contribution is -1.92. The molecule has 0 aliphatic rings. The molecule has 0 aromatic carbocycles. The molecule has 0 radical (unpaired) electrons. The zero-order valence-corrected chi connectivity index (χ0v) is 74.1. The van der Waals surface area contributed by atoms with Gasteiger partial charge in [-0.15, -0.1) is 0 Å². The van der Waals surface area contributed by atoms with Crippen LogP contribution in [0.5, 0.6) is 0 Å². The van der Waals surface area contributed by atoms with Crippen LogP contribution in [-0.4, -0.2) is 59.8 Å². The average Bonchev–Trinajstić information content (AvgIpc) is 0.895. The standard InChI is InChI=1S/2C9H13N.2C8H11N.3C6H8N2.C5H6N2.8C4H10/c1-6-5-7(2)10-9(4)8(6)3;1-6-5-7(2)9(4)10-8(6)3;1-6-4-7(2)9-8(3)5-6;1-6-4-5-7(2)9-8(6)3;1-5-3-7-4-8-6(5)2;1-5-3-6(2)8-4-7-5;1-5-3-4-7-6(2)8-5;1-5-2-3-6-4-7-5;8*1-4(2)3/h2*5H,1-4H3;2*4-5H,1-3H3;3*3-4H,1-2H3;2-4H,1H3;8*4H,1-3H3. The van der Waals surface area contributed by atoms with Crippen molar-refractivity contribution in [3.63, 3.8) is 0 Å². The van der Waals surface area contributed by atoms with Gasteiger partial charge >= 0.3 is 0 Å². The normalized spacial score (nSPS) is 9.36. The number of nitrogens with zero attached hydrogens (tertiary/aromatic N) is 12. The van der Waals surface area contributed by atoms with Crippen LogP contribution in [-0.2, 0) is 0 Å². The number of pyridine rings is 4. The number of hydrogen-bond donors (Lipinski definition) is 0. The highest BCUT2D eigenvalue weighted by Crippen LogP contribution is 2.11. The maximum absolute atomic E-state index is 4.37. The van der Waals surface area contributed by atoms with Crippen molar-refractivity contribution in [2.75, 3.05) is 0 Å². The van der Waals surface area contributed by atoms with E-state index >= 15 is 0 Å². The van der Waals surface area contributed by atoms with Gasteiger partial charge in [0.05, 0.1) is 0 Å².